The van der Waals surface area contributed by atoms with Crippen LogP contribution in [0.1, 0.15) is 42.2 Å². The lowest BCUT2D eigenvalue weighted by molar-refractivity contribution is -0.170. The molecule has 0 fully saturated rings. The predicted octanol–water partition coefficient (Wildman–Crippen LogP) is 4.94. The van der Waals surface area contributed by atoms with Crippen LogP contribution in [-0.4, -0.2) is 48.4 Å². The summed E-state index contributed by atoms with van der Waals surface area (Å²) in [5.74, 6) is -3.38. The molecule has 10 heteroatoms. The van der Waals surface area contributed by atoms with Crippen molar-refractivity contribution in [2.24, 2.45) is 11.7 Å². The highest BCUT2D eigenvalue weighted by Gasteiger charge is 2.63. The van der Waals surface area contributed by atoms with Gasteiger partial charge in [-0.3, -0.25) is 4.79 Å². The number of allylic oxidation sites excluding steroid dienone is 1. The summed E-state index contributed by atoms with van der Waals surface area (Å²) < 4.78 is 41.5. The number of primary amides is 1. The molecule has 1 amide bonds. The summed E-state index contributed by atoms with van der Waals surface area (Å²) in [6.07, 6.45) is 0.632. The molecule has 3 unspecified atom stereocenters. The number of aliphatic hydroxyl groups excluding tert-OH is 1. The molecule has 0 saturated heterocycles. The Hall–Kier alpha value is -4.77. The highest BCUT2D eigenvalue weighted by atomic mass is 32.2. The van der Waals surface area contributed by atoms with Crippen LogP contribution in [0.15, 0.2) is 132 Å². The highest BCUT2D eigenvalue weighted by Crippen LogP contribution is 2.44. The van der Waals surface area contributed by atoms with Gasteiger partial charge < -0.3 is 20.3 Å². The van der Waals surface area contributed by atoms with Gasteiger partial charge in [0.05, 0.1) is 17.6 Å². The van der Waals surface area contributed by atoms with Gasteiger partial charge in [0.1, 0.15) is 5.75 Å². The van der Waals surface area contributed by atoms with Gasteiger partial charge in [-0.05, 0) is 54.3 Å². The van der Waals surface area contributed by atoms with E-state index in [9.17, 15) is 23.1 Å². The lowest BCUT2D eigenvalue weighted by Gasteiger charge is -2.44. The smallest absolute Gasteiger partial charge is 0.338 e. The maximum Gasteiger partial charge on any atom is 0.338 e. The molecule has 0 aromatic heterocycles. The van der Waals surface area contributed by atoms with E-state index in [0.717, 1.165) is 4.31 Å². The number of nitrogens with two attached hydrogens (primary N) is 1. The van der Waals surface area contributed by atoms with Crippen molar-refractivity contribution in [3.8, 4) is 5.75 Å². The third kappa shape index (κ3) is 6.32. The van der Waals surface area contributed by atoms with Gasteiger partial charge in [0, 0.05) is 12.5 Å². The fraction of sp³-hybridized carbons (Fsp3) is 0.222. The molecule has 3 atom stereocenters. The number of carbonyl (C=O) groups excluding carboxylic acids is 2. The largest absolute Gasteiger partial charge is 0.494 e. The second kappa shape index (κ2) is 14.1. The monoisotopic (exact) mass is 640 g/mol. The normalized spacial score (nSPS) is 19.2. The minimum absolute atomic E-state index is 0.0509. The van der Waals surface area contributed by atoms with Gasteiger partial charge in [-0.2, -0.15) is 4.31 Å². The third-order valence-corrected chi connectivity index (χ3v) is 10.0. The predicted molar refractivity (Wildman–Crippen MR) is 173 cm³/mol. The Balaban J connectivity index is 1.71. The van der Waals surface area contributed by atoms with Crippen LogP contribution in [0.4, 0.5) is 0 Å². The minimum atomic E-state index is -4.61. The molecule has 9 nitrogen and oxygen atoms in total. The van der Waals surface area contributed by atoms with E-state index in [1.807, 2.05) is 12.1 Å². The van der Waals surface area contributed by atoms with Crippen LogP contribution in [-0.2, 0) is 24.3 Å². The molecular weight excluding hydrogens is 604 g/mol. The Bertz CT molecular complexity index is 1730. The number of carbonyl (C=O) groups is 2. The molecule has 3 N–H and O–H groups in total. The van der Waals surface area contributed by atoms with E-state index < -0.39 is 45.6 Å². The molecule has 1 aliphatic rings. The Labute approximate surface area is 268 Å². The van der Waals surface area contributed by atoms with Crippen LogP contribution in [0.3, 0.4) is 0 Å². The zero-order valence-electron chi connectivity index (χ0n) is 25.3. The summed E-state index contributed by atoms with van der Waals surface area (Å²) in [6, 6.07) is 31.9. The summed E-state index contributed by atoms with van der Waals surface area (Å²) in [7, 11) is -4.61. The van der Waals surface area contributed by atoms with Crippen molar-refractivity contribution in [1.29, 1.82) is 0 Å². The lowest BCUT2D eigenvalue weighted by Crippen LogP contribution is -2.69. The van der Waals surface area contributed by atoms with E-state index in [1.54, 1.807) is 97.9 Å². The zero-order chi connectivity index (χ0) is 32.7. The van der Waals surface area contributed by atoms with Crippen LogP contribution < -0.4 is 10.5 Å². The number of ether oxygens (including phenoxy) is 2. The number of benzene rings is 4. The van der Waals surface area contributed by atoms with E-state index in [0.29, 0.717) is 29.0 Å². The summed E-state index contributed by atoms with van der Waals surface area (Å²) in [5.41, 5.74) is 5.05. The summed E-state index contributed by atoms with van der Waals surface area (Å²) in [6.45, 7) is 1.80. The molecule has 4 aromatic carbocycles. The Morgan fingerprint density at radius 1 is 0.848 bits per heavy atom. The number of nitrogens with zero attached hydrogens (tertiary/aromatic N) is 1. The second-order valence-electron chi connectivity index (χ2n) is 10.8. The van der Waals surface area contributed by atoms with Gasteiger partial charge in [-0.25, -0.2) is 13.2 Å². The quantitative estimate of drug-likeness (QED) is 0.135. The molecule has 1 aliphatic heterocycles. The molecule has 0 bridgehead atoms. The SMILES string of the molecule is CCOc1ccc(S(=O)(=O)N2CC=CCC(C(O)c3ccccc3)C2(C(N)=O)C(=O)OC(c2ccccc2)c2ccccc2)cc1. The van der Waals surface area contributed by atoms with Gasteiger partial charge in [-0.15, -0.1) is 0 Å². The Kier molecular flexibility index (Phi) is 10.0. The first-order valence-corrected chi connectivity index (χ1v) is 16.4. The fourth-order valence-corrected chi connectivity index (χ4v) is 7.58. The van der Waals surface area contributed by atoms with Crippen molar-refractivity contribution in [3.05, 3.63) is 144 Å². The lowest BCUT2D eigenvalue weighted by atomic mass is 9.75. The number of hydrogen-bond donors (Lipinski definition) is 2. The molecule has 1 heterocycles. The number of rotatable bonds is 11. The number of aliphatic hydroxyl groups is 1. The first-order chi connectivity index (χ1) is 22.2. The van der Waals surface area contributed by atoms with Crippen molar-refractivity contribution in [2.45, 2.75) is 36.0 Å². The van der Waals surface area contributed by atoms with E-state index in [1.165, 1.54) is 24.3 Å². The van der Waals surface area contributed by atoms with E-state index in [4.69, 9.17) is 15.2 Å². The first-order valence-electron chi connectivity index (χ1n) is 15.0. The molecule has 238 valence electrons. The van der Waals surface area contributed by atoms with E-state index >= 15 is 0 Å². The Morgan fingerprint density at radius 2 is 1.37 bits per heavy atom. The van der Waals surface area contributed by atoms with Gasteiger partial charge in [0.2, 0.25) is 15.6 Å². The van der Waals surface area contributed by atoms with Crippen molar-refractivity contribution < 1.29 is 32.6 Å². The molecule has 0 radical (unpaired) electrons. The molecule has 0 aliphatic carbocycles. The molecular formula is C36H36N2O7S. The summed E-state index contributed by atoms with van der Waals surface area (Å²) in [4.78, 5) is 28.6. The molecule has 0 saturated carbocycles. The maximum absolute atomic E-state index is 14.9. The highest BCUT2D eigenvalue weighted by molar-refractivity contribution is 7.89. The van der Waals surface area contributed by atoms with Crippen molar-refractivity contribution in [3.63, 3.8) is 0 Å². The minimum Gasteiger partial charge on any atom is -0.494 e. The maximum atomic E-state index is 14.9. The van der Waals surface area contributed by atoms with Crippen LogP contribution >= 0.6 is 0 Å². The van der Waals surface area contributed by atoms with Crippen LogP contribution in [0.25, 0.3) is 0 Å². The van der Waals surface area contributed by atoms with Gasteiger partial charge in [-0.1, -0.05) is 103 Å². The third-order valence-electron chi connectivity index (χ3n) is 8.12. The standard InChI is InChI=1S/C36H36N2O7S/c1-2-44-29-21-23-30(24-22-29)46(42,43)38-25-13-12-20-31(32(39)26-14-6-3-7-15-26)36(38,34(37)40)35(41)45-33(27-16-8-4-9-17-27)28-18-10-5-11-19-28/h3-19,21-24,31-33,39H,2,20,25H2,1H3,(H2,37,40). The van der Waals surface area contributed by atoms with Crippen LogP contribution in [0.2, 0.25) is 0 Å². The number of hydrogen-bond acceptors (Lipinski definition) is 7. The second-order valence-corrected chi connectivity index (χ2v) is 12.7. The van der Waals surface area contributed by atoms with Crippen LogP contribution in [0, 0.1) is 5.92 Å². The first kappa shape index (κ1) is 32.6. The molecule has 46 heavy (non-hydrogen) atoms. The average Bonchev–Trinajstić information content (AvgIpc) is 3.30. The van der Waals surface area contributed by atoms with Gasteiger partial charge in [0.25, 0.3) is 5.91 Å². The topological polar surface area (TPSA) is 136 Å². The number of esters is 1. The van der Waals surface area contributed by atoms with Crippen molar-refractivity contribution in [1.82, 2.24) is 4.31 Å². The molecule has 0 spiro atoms. The van der Waals surface area contributed by atoms with Crippen molar-refractivity contribution in [2.75, 3.05) is 13.2 Å². The number of sulfonamides is 1. The van der Waals surface area contributed by atoms with E-state index in [-0.39, 0.29) is 17.9 Å². The average molecular weight is 641 g/mol. The van der Waals surface area contributed by atoms with Gasteiger partial charge >= 0.3 is 5.97 Å². The van der Waals surface area contributed by atoms with E-state index in [2.05, 4.69) is 0 Å². The van der Waals surface area contributed by atoms with Gasteiger partial charge in [0.15, 0.2) is 6.10 Å². The van der Waals surface area contributed by atoms with Crippen LogP contribution in [0.5, 0.6) is 5.75 Å². The fourth-order valence-electron chi connectivity index (χ4n) is 5.88. The summed E-state index contributed by atoms with van der Waals surface area (Å²) in [5, 5.41) is 11.8. The summed E-state index contributed by atoms with van der Waals surface area (Å²) >= 11 is 0. The zero-order valence-corrected chi connectivity index (χ0v) is 26.1. The molecule has 4 aromatic rings. The van der Waals surface area contributed by atoms with Crippen molar-refractivity contribution >= 4 is 21.9 Å². The number of amides is 1. The molecule has 5 rings (SSSR count). The Morgan fingerprint density at radius 3 is 1.87 bits per heavy atom.